The number of halogens is 2. The number of piperidine rings is 1. The minimum absolute atomic E-state index is 0.000825. The van der Waals surface area contributed by atoms with Crippen molar-refractivity contribution in [2.75, 3.05) is 26.8 Å². The van der Waals surface area contributed by atoms with Crippen LogP contribution in [0, 0.1) is 17.6 Å². The number of hydrogen-bond donors (Lipinski definition) is 1. The van der Waals surface area contributed by atoms with Gasteiger partial charge in [0.25, 0.3) is 0 Å². The van der Waals surface area contributed by atoms with Gasteiger partial charge in [-0.25, -0.2) is 8.78 Å². The molecular formula is C30H33F2N3O3. The molecule has 8 heteroatoms. The number of aromatic nitrogens is 1. The van der Waals surface area contributed by atoms with Crippen LogP contribution in [-0.4, -0.2) is 48.6 Å². The quantitative estimate of drug-likeness (QED) is 0.439. The van der Waals surface area contributed by atoms with E-state index in [1.54, 1.807) is 7.11 Å². The summed E-state index contributed by atoms with van der Waals surface area (Å²) in [5.41, 5.74) is 3.26. The van der Waals surface area contributed by atoms with Crippen molar-refractivity contribution >= 4 is 16.8 Å². The fourth-order valence-corrected chi connectivity index (χ4v) is 6.15. The molecule has 1 N–H and O–H groups in total. The van der Waals surface area contributed by atoms with Gasteiger partial charge in [0.1, 0.15) is 5.60 Å². The van der Waals surface area contributed by atoms with Crippen LogP contribution in [0.15, 0.2) is 42.5 Å². The van der Waals surface area contributed by atoms with Gasteiger partial charge in [-0.15, -0.1) is 0 Å². The van der Waals surface area contributed by atoms with Crippen LogP contribution in [-0.2, 0) is 39.4 Å². The number of amides is 1. The lowest BCUT2D eigenvalue weighted by atomic mass is 9.75. The molecule has 3 aliphatic rings. The Hall–Kier alpha value is -2.94. The van der Waals surface area contributed by atoms with E-state index in [1.807, 2.05) is 23.1 Å². The SMILES string of the molecule is COCCCc1cc(CN(C(=O)[C@H]2CNCCC23OCc2cc(F)c(F)cc23)C2CC2)c2ccccc2n1. The second-order valence-electron chi connectivity index (χ2n) is 10.7. The zero-order chi connectivity index (χ0) is 26.3. The fraction of sp³-hybridized carbons (Fsp3) is 0.467. The van der Waals surface area contributed by atoms with Crippen molar-refractivity contribution in [2.45, 2.75) is 56.9 Å². The third-order valence-electron chi connectivity index (χ3n) is 8.22. The number of carbonyl (C=O) groups excluding carboxylic acids is 1. The Kier molecular flexibility index (Phi) is 6.88. The molecule has 0 radical (unpaired) electrons. The molecule has 2 atom stereocenters. The summed E-state index contributed by atoms with van der Waals surface area (Å²) in [6, 6.07) is 12.8. The van der Waals surface area contributed by atoms with Crippen LogP contribution in [0.4, 0.5) is 8.78 Å². The highest BCUT2D eigenvalue weighted by Gasteiger charge is 2.53. The van der Waals surface area contributed by atoms with Gasteiger partial charge in [0, 0.05) is 43.9 Å². The lowest BCUT2D eigenvalue weighted by molar-refractivity contribution is -0.157. The van der Waals surface area contributed by atoms with Crippen molar-refractivity contribution in [2.24, 2.45) is 5.92 Å². The molecule has 3 aromatic rings. The number of pyridine rings is 1. The molecule has 1 unspecified atom stereocenters. The van der Waals surface area contributed by atoms with E-state index in [2.05, 4.69) is 17.4 Å². The molecule has 1 aromatic heterocycles. The maximum absolute atomic E-state index is 14.4. The third-order valence-corrected chi connectivity index (χ3v) is 8.22. The summed E-state index contributed by atoms with van der Waals surface area (Å²) in [6.07, 6.45) is 4.11. The van der Waals surface area contributed by atoms with Gasteiger partial charge in [0.15, 0.2) is 11.6 Å². The first-order valence-electron chi connectivity index (χ1n) is 13.5. The number of benzene rings is 2. The first-order valence-corrected chi connectivity index (χ1v) is 13.5. The number of rotatable bonds is 8. The summed E-state index contributed by atoms with van der Waals surface area (Å²) in [5.74, 6) is -2.32. The largest absolute Gasteiger partial charge is 0.385 e. The van der Waals surface area contributed by atoms with Gasteiger partial charge in [0.05, 0.1) is 18.0 Å². The van der Waals surface area contributed by atoms with Crippen LogP contribution >= 0.6 is 0 Å². The number of aryl methyl sites for hydroxylation is 1. The molecule has 2 aliphatic heterocycles. The van der Waals surface area contributed by atoms with Gasteiger partial charge in [-0.1, -0.05) is 18.2 Å². The van der Waals surface area contributed by atoms with Crippen molar-refractivity contribution < 1.29 is 23.0 Å². The average molecular weight is 522 g/mol. The van der Waals surface area contributed by atoms with Gasteiger partial charge in [-0.2, -0.15) is 0 Å². The molecule has 200 valence electrons. The van der Waals surface area contributed by atoms with E-state index < -0.39 is 23.2 Å². The summed E-state index contributed by atoms with van der Waals surface area (Å²) in [5, 5.41) is 4.39. The Labute approximate surface area is 221 Å². The molecule has 2 fully saturated rings. The Bertz CT molecular complexity index is 1360. The second kappa shape index (κ2) is 10.3. The van der Waals surface area contributed by atoms with Crippen molar-refractivity contribution in [3.63, 3.8) is 0 Å². The number of fused-ring (bicyclic) bond motifs is 3. The van der Waals surface area contributed by atoms with Crippen LogP contribution in [0.1, 0.15) is 48.1 Å². The number of para-hydroxylation sites is 1. The predicted molar refractivity (Wildman–Crippen MR) is 139 cm³/mol. The van der Waals surface area contributed by atoms with E-state index >= 15 is 0 Å². The number of nitrogens with one attached hydrogen (secondary N) is 1. The first kappa shape index (κ1) is 25.3. The van der Waals surface area contributed by atoms with Gasteiger partial charge < -0.3 is 19.7 Å². The van der Waals surface area contributed by atoms with E-state index in [1.165, 1.54) is 12.1 Å². The Balaban J connectivity index is 1.34. The summed E-state index contributed by atoms with van der Waals surface area (Å²) in [7, 11) is 1.70. The molecule has 1 amide bonds. The Morgan fingerprint density at radius 1 is 1.21 bits per heavy atom. The highest BCUT2D eigenvalue weighted by Crippen LogP contribution is 2.48. The maximum atomic E-state index is 14.4. The summed E-state index contributed by atoms with van der Waals surface area (Å²) < 4.78 is 39.9. The number of nitrogens with zero attached hydrogens (tertiary/aromatic N) is 2. The van der Waals surface area contributed by atoms with Crippen molar-refractivity contribution in [1.29, 1.82) is 0 Å². The smallest absolute Gasteiger partial charge is 0.230 e. The van der Waals surface area contributed by atoms with Crippen LogP contribution in [0.25, 0.3) is 10.9 Å². The molecule has 2 aromatic carbocycles. The minimum atomic E-state index is -0.953. The molecule has 38 heavy (non-hydrogen) atoms. The van der Waals surface area contributed by atoms with Gasteiger partial charge in [-0.05, 0) is 79.6 Å². The Morgan fingerprint density at radius 2 is 2.03 bits per heavy atom. The third kappa shape index (κ3) is 4.59. The molecule has 1 saturated carbocycles. The minimum Gasteiger partial charge on any atom is -0.385 e. The van der Waals surface area contributed by atoms with Gasteiger partial charge in [-0.3, -0.25) is 9.78 Å². The van der Waals surface area contributed by atoms with Crippen LogP contribution in [0.2, 0.25) is 0 Å². The second-order valence-corrected chi connectivity index (χ2v) is 10.7. The summed E-state index contributed by atoms with van der Waals surface area (Å²) >= 11 is 0. The highest BCUT2D eigenvalue weighted by atomic mass is 19.2. The highest BCUT2D eigenvalue weighted by molar-refractivity contribution is 5.85. The van der Waals surface area contributed by atoms with E-state index in [0.717, 1.165) is 47.8 Å². The molecular weight excluding hydrogens is 488 g/mol. The van der Waals surface area contributed by atoms with E-state index in [4.69, 9.17) is 14.5 Å². The fourth-order valence-electron chi connectivity index (χ4n) is 6.15. The zero-order valence-electron chi connectivity index (χ0n) is 21.6. The standard InChI is InChI=1S/C30H33F2N3O3/c1-37-12-4-5-21-13-19(23-6-2-3-7-28(23)34-21)17-35(22-8-9-22)29(36)25-16-33-11-10-30(25)24-15-27(32)26(31)14-20(24)18-38-30/h2-3,6-7,13-15,22,25,33H,4-5,8-12,16-18H2,1H3/t25-,30?/m1/s1. The molecule has 6 rings (SSSR count). The lowest BCUT2D eigenvalue weighted by Gasteiger charge is -2.43. The summed E-state index contributed by atoms with van der Waals surface area (Å²) in [4.78, 5) is 21.2. The normalized spacial score (nSPS) is 22.7. The van der Waals surface area contributed by atoms with Crippen LogP contribution < -0.4 is 5.32 Å². The maximum Gasteiger partial charge on any atom is 0.230 e. The van der Waals surface area contributed by atoms with Crippen molar-refractivity contribution in [3.05, 3.63) is 76.5 Å². The molecule has 3 heterocycles. The molecule has 1 saturated heterocycles. The van der Waals surface area contributed by atoms with E-state index in [0.29, 0.717) is 43.8 Å². The van der Waals surface area contributed by atoms with Gasteiger partial charge in [0.2, 0.25) is 5.91 Å². The van der Waals surface area contributed by atoms with Crippen molar-refractivity contribution in [3.8, 4) is 0 Å². The Morgan fingerprint density at radius 3 is 2.84 bits per heavy atom. The summed E-state index contributed by atoms with van der Waals surface area (Å²) in [6.45, 7) is 2.39. The number of hydrogen-bond acceptors (Lipinski definition) is 5. The first-order chi connectivity index (χ1) is 18.5. The number of carbonyl (C=O) groups is 1. The van der Waals surface area contributed by atoms with Crippen LogP contribution in [0.3, 0.4) is 0 Å². The lowest BCUT2D eigenvalue weighted by Crippen LogP contribution is -2.55. The number of ether oxygens (including phenoxy) is 2. The molecule has 1 aliphatic carbocycles. The molecule has 0 bridgehead atoms. The van der Waals surface area contributed by atoms with Crippen molar-refractivity contribution in [1.82, 2.24) is 15.2 Å². The van der Waals surface area contributed by atoms with Crippen LogP contribution in [0.5, 0.6) is 0 Å². The van der Waals surface area contributed by atoms with E-state index in [-0.39, 0.29) is 18.6 Å². The van der Waals surface area contributed by atoms with E-state index in [9.17, 15) is 13.6 Å². The molecule has 1 spiro atoms. The number of methoxy groups -OCH3 is 1. The predicted octanol–water partition coefficient (Wildman–Crippen LogP) is 4.62. The monoisotopic (exact) mass is 521 g/mol. The molecule has 6 nitrogen and oxygen atoms in total. The van der Waals surface area contributed by atoms with Gasteiger partial charge >= 0.3 is 0 Å². The zero-order valence-corrected chi connectivity index (χ0v) is 21.6. The average Bonchev–Trinajstić information content (AvgIpc) is 3.72. The topological polar surface area (TPSA) is 63.7 Å².